The molecule has 6 N–H and O–H groups in total. The number of hydrogen-bond acceptors (Lipinski definition) is 8. The van der Waals surface area contributed by atoms with Gasteiger partial charge in [-0.1, -0.05) is 25.6 Å². The zero-order valence-electron chi connectivity index (χ0n) is 16.3. The summed E-state index contributed by atoms with van der Waals surface area (Å²) in [4.78, 5) is 63.1. The van der Waals surface area contributed by atoms with Crippen LogP contribution in [0.3, 0.4) is 0 Å². The fraction of sp³-hybridized carbons (Fsp3) is 0.733. The van der Waals surface area contributed by atoms with Gasteiger partial charge in [0, 0.05) is 30.7 Å². The molecule has 2 amide bonds. The molecule has 2 atom stereocenters. The van der Waals surface area contributed by atoms with Crippen molar-refractivity contribution in [3.05, 3.63) is 0 Å². The van der Waals surface area contributed by atoms with E-state index >= 15 is 0 Å². The molecule has 0 rings (SSSR count). The highest BCUT2D eigenvalue weighted by Gasteiger charge is 2.35. The number of rotatable bonds is 13. The molecule has 0 unspecified atom stereocenters. The van der Waals surface area contributed by atoms with Crippen LogP contribution in [-0.4, -0.2) is 74.5 Å². The van der Waals surface area contributed by atoms with Crippen LogP contribution in [0.4, 0.5) is 0 Å². The van der Waals surface area contributed by atoms with Crippen LogP contribution in [-0.2, 0) is 28.3 Å². The number of hydrogen-bond donors (Lipinski definition) is 6. The lowest BCUT2D eigenvalue weighted by Gasteiger charge is -2.29. The highest BCUT2D eigenvalue weighted by Crippen LogP contribution is 2.38. The normalized spacial score (nSPS) is 14.0. The summed E-state index contributed by atoms with van der Waals surface area (Å²) in [6.07, 6.45) is -1.74. The highest BCUT2D eigenvalue weighted by molar-refractivity contribution is 8.13. The van der Waals surface area contributed by atoms with Crippen LogP contribution in [0, 0.1) is 11.3 Å². The molecule has 0 aliphatic heterocycles. The maximum absolute atomic E-state index is 11.9. The fourth-order valence-electron chi connectivity index (χ4n) is 1.74. The number of carboxylic acid groups (broad SMARTS) is 1. The predicted molar refractivity (Wildman–Crippen MR) is 103 cm³/mol. The SMILES string of the molecule is C[C@H](C(=O)O)C(=O)SCCNC(=O)CCNC(=O)[C@H](O)C(C)(C)COP(=O)(O)O. The number of aliphatic hydroxyl groups is 1. The Labute approximate surface area is 172 Å². The molecule has 0 saturated heterocycles. The topological polar surface area (TPSA) is 200 Å². The van der Waals surface area contributed by atoms with Crippen LogP contribution in [0.5, 0.6) is 0 Å². The standard InChI is InChI=1S/C15H27N2O10PS/c1-9(13(21)22)14(23)29-7-6-16-10(18)4-5-17-12(20)11(19)15(2,3)8-27-28(24,25)26/h9,11,19H,4-8H2,1-3H3,(H,16,18)(H,17,20)(H,21,22)(H2,24,25,26)/t9-,11+/m1/s1. The molecule has 0 spiro atoms. The van der Waals surface area contributed by atoms with Crippen molar-refractivity contribution in [1.29, 1.82) is 0 Å². The summed E-state index contributed by atoms with van der Waals surface area (Å²) in [7, 11) is -4.74. The monoisotopic (exact) mass is 458 g/mol. The quantitative estimate of drug-likeness (QED) is 0.113. The minimum Gasteiger partial charge on any atom is -0.481 e. The van der Waals surface area contributed by atoms with Crippen molar-refractivity contribution < 1.29 is 48.3 Å². The maximum Gasteiger partial charge on any atom is 0.469 e. The van der Waals surface area contributed by atoms with E-state index < -0.39 is 54.8 Å². The summed E-state index contributed by atoms with van der Waals surface area (Å²) < 4.78 is 15.0. The number of carbonyl (C=O) groups excluding carboxylic acids is 3. The summed E-state index contributed by atoms with van der Waals surface area (Å²) in [5.74, 6) is -3.42. The van der Waals surface area contributed by atoms with Gasteiger partial charge < -0.3 is 30.6 Å². The van der Waals surface area contributed by atoms with E-state index in [-0.39, 0.29) is 25.3 Å². The van der Waals surface area contributed by atoms with Gasteiger partial charge in [0.15, 0.2) is 0 Å². The van der Waals surface area contributed by atoms with Gasteiger partial charge in [0.05, 0.1) is 6.61 Å². The van der Waals surface area contributed by atoms with Crippen LogP contribution in [0.2, 0.25) is 0 Å². The third-order valence-electron chi connectivity index (χ3n) is 3.64. The molecular formula is C15H27N2O10PS. The molecule has 14 heteroatoms. The van der Waals surface area contributed by atoms with E-state index in [9.17, 15) is 28.8 Å². The third-order valence-corrected chi connectivity index (χ3v) is 5.15. The maximum atomic E-state index is 11.9. The van der Waals surface area contributed by atoms with Gasteiger partial charge in [-0.2, -0.15) is 0 Å². The van der Waals surface area contributed by atoms with E-state index in [1.54, 1.807) is 0 Å². The van der Waals surface area contributed by atoms with E-state index in [0.29, 0.717) is 0 Å². The first-order valence-corrected chi connectivity index (χ1v) is 11.0. The van der Waals surface area contributed by atoms with Crippen LogP contribution in [0.15, 0.2) is 0 Å². The van der Waals surface area contributed by atoms with Crippen molar-refractivity contribution in [2.45, 2.75) is 33.3 Å². The van der Waals surface area contributed by atoms with Crippen LogP contribution in [0.25, 0.3) is 0 Å². The largest absolute Gasteiger partial charge is 0.481 e. The zero-order valence-corrected chi connectivity index (χ0v) is 18.0. The average molecular weight is 458 g/mol. The first kappa shape index (κ1) is 27.5. The number of carboxylic acids is 1. The second-order valence-corrected chi connectivity index (χ2v) is 9.11. The van der Waals surface area contributed by atoms with Crippen molar-refractivity contribution >= 4 is 42.5 Å². The molecule has 0 fully saturated rings. The van der Waals surface area contributed by atoms with Crippen molar-refractivity contribution in [2.24, 2.45) is 11.3 Å². The number of amides is 2. The van der Waals surface area contributed by atoms with E-state index in [2.05, 4.69) is 15.2 Å². The van der Waals surface area contributed by atoms with Gasteiger partial charge in [-0.05, 0) is 6.92 Å². The smallest absolute Gasteiger partial charge is 0.469 e. The summed E-state index contributed by atoms with van der Waals surface area (Å²) in [6.45, 7) is 3.49. The first-order valence-electron chi connectivity index (χ1n) is 8.49. The minimum absolute atomic E-state index is 0.0979. The Hall–Kier alpha value is -1.50. The van der Waals surface area contributed by atoms with Crippen molar-refractivity contribution in [2.75, 3.05) is 25.4 Å². The summed E-state index contributed by atoms with van der Waals surface area (Å²) >= 11 is 0.792. The molecule has 168 valence electrons. The fourth-order valence-corrected chi connectivity index (χ4v) is 2.99. The molecule has 0 heterocycles. The molecule has 12 nitrogen and oxygen atoms in total. The number of phosphoric acid groups is 1. The summed E-state index contributed by atoms with van der Waals surface area (Å²) in [6, 6.07) is 0. The Bertz CT molecular complexity index is 651. The lowest BCUT2D eigenvalue weighted by Crippen LogP contribution is -2.46. The van der Waals surface area contributed by atoms with Gasteiger partial charge in [-0.3, -0.25) is 23.7 Å². The Morgan fingerprint density at radius 1 is 1.14 bits per heavy atom. The van der Waals surface area contributed by atoms with Gasteiger partial charge in [0.25, 0.3) is 0 Å². The number of aliphatic carboxylic acids is 1. The van der Waals surface area contributed by atoms with Gasteiger partial charge >= 0.3 is 13.8 Å². The molecule has 29 heavy (non-hydrogen) atoms. The Balaban J connectivity index is 4.14. The molecule has 0 saturated carbocycles. The second kappa shape index (κ2) is 12.3. The van der Waals surface area contributed by atoms with Gasteiger partial charge in [0.2, 0.25) is 16.9 Å². The molecule has 0 aliphatic carbocycles. The Morgan fingerprint density at radius 3 is 2.24 bits per heavy atom. The van der Waals surface area contributed by atoms with Gasteiger partial charge in [-0.15, -0.1) is 0 Å². The van der Waals surface area contributed by atoms with Gasteiger partial charge in [-0.25, -0.2) is 4.57 Å². The Morgan fingerprint density at radius 2 is 1.72 bits per heavy atom. The van der Waals surface area contributed by atoms with E-state index in [0.717, 1.165) is 11.8 Å². The van der Waals surface area contributed by atoms with Crippen LogP contribution in [0.1, 0.15) is 27.2 Å². The predicted octanol–water partition coefficient (Wildman–Crippen LogP) is -0.914. The molecule has 0 aromatic carbocycles. The first-order chi connectivity index (χ1) is 13.2. The second-order valence-electron chi connectivity index (χ2n) is 6.77. The van der Waals surface area contributed by atoms with Crippen molar-refractivity contribution in [3.63, 3.8) is 0 Å². The molecule has 0 radical (unpaired) electrons. The molecule has 0 aromatic heterocycles. The van der Waals surface area contributed by atoms with E-state index in [1.165, 1.54) is 20.8 Å². The van der Waals surface area contributed by atoms with E-state index in [4.69, 9.17) is 14.9 Å². The third kappa shape index (κ3) is 11.9. The number of thioether (sulfide) groups is 1. The summed E-state index contributed by atoms with van der Waals surface area (Å²) in [5.41, 5.74) is -1.29. The molecule has 0 aliphatic rings. The zero-order chi connectivity index (χ0) is 22.8. The number of carbonyl (C=O) groups is 4. The van der Waals surface area contributed by atoms with Crippen molar-refractivity contribution in [3.8, 4) is 0 Å². The highest BCUT2D eigenvalue weighted by atomic mass is 32.2. The van der Waals surface area contributed by atoms with Gasteiger partial charge in [0.1, 0.15) is 12.0 Å². The molecular weight excluding hydrogens is 431 g/mol. The molecule has 0 bridgehead atoms. The molecule has 0 aromatic rings. The van der Waals surface area contributed by atoms with Crippen LogP contribution < -0.4 is 10.6 Å². The lowest BCUT2D eigenvalue weighted by molar-refractivity contribution is -0.143. The van der Waals surface area contributed by atoms with E-state index in [1.807, 2.05) is 0 Å². The lowest BCUT2D eigenvalue weighted by atomic mass is 9.87. The number of phosphoric ester groups is 1. The Kier molecular flexibility index (Phi) is 11.6. The summed E-state index contributed by atoms with van der Waals surface area (Å²) in [5, 5.41) is 23.0. The minimum atomic E-state index is -4.74. The van der Waals surface area contributed by atoms with Crippen LogP contribution >= 0.6 is 19.6 Å². The average Bonchev–Trinajstić information content (AvgIpc) is 2.61. The number of aliphatic hydroxyl groups excluding tert-OH is 1. The van der Waals surface area contributed by atoms with Crippen molar-refractivity contribution in [1.82, 2.24) is 10.6 Å². The number of nitrogens with one attached hydrogen (secondary N) is 2.